The summed E-state index contributed by atoms with van der Waals surface area (Å²) in [6.45, 7) is 3.28. The first-order chi connectivity index (χ1) is 8.50. The lowest BCUT2D eigenvalue weighted by Crippen LogP contribution is -2.52. The maximum Gasteiger partial charge on any atom is 0.326 e. The van der Waals surface area contributed by atoms with Gasteiger partial charge in [-0.1, -0.05) is 6.92 Å². The summed E-state index contributed by atoms with van der Waals surface area (Å²) in [7, 11) is -0.832. The van der Waals surface area contributed by atoms with Crippen LogP contribution in [0.3, 0.4) is 0 Å². The molecule has 2 heterocycles. The molecule has 1 N–H and O–H groups in total. The van der Waals surface area contributed by atoms with Gasteiger partial charge in [0.15, 0.2) is 0 Å². The minimum atomic E-state index is -0.936. The number of carbonyl (C=O) groups excluding carboxylic acids is 1. The van der Waals surface area contributed by atoms with Gasteiger partial charge in [-0.15, -0.1) is 0 Å². The summed E-state index contributed by atoms with van der Waals surface area (Å²) >= 11 is 0. The minimum Gasteiger partial charge on any atom is -0.480 e. The summed E-state index contributed by atoms with van der Waals surface area (Å²) in [6.07, 6.45) is 0.725. The number of carboxylic acid groups (broad SMARTS) is 1. The van der Waals surface area contributed by atoms with E-state index in [1.807, 2.05) is 6.92 Å². The molecule has 102 valence electrons. The highest BCUT2D eigenvalue weighted by molar-refractivity contribution is 7.85. The zero-order chi connectivity index (χ0) is 13.3. The topological polar surface area (TPSA) is 77.9 Å². The third-order valence-electron chi connectivity index (χ3n) is 3.65. The summed E-state index contributed by atoms with van der Waals surface area (Å²) in [6, 6.07) is -0.937. The van der Waals surface area contributed by atoms with Crippen LogP contribution in [0, 0.1) is 5.92 Å². The molecule has 2 fully saturated rings. The van der Waals surface area contributed by atoms with E-state index in [2.05, 4.69) is 0 Å². The van der Waals surface area contributed by atoms with Gasteiger partial charge in [-0.3, -0.25) is 4.21 Å². The molecule has 2 unspecified atom stereocenters. The predicted molar refractivity (Wildman–Crippen MR) is 66.8 cm³/mol. The Hall–Kier alpha value is -1.11. The van der Waals surface area contributed by atoms with Gasteiger partial charge in [0.2, 0.25) is 0 Å². The van der Waals surface area contributed by atoms with E-state index < -0.39 is 22.8 Å². The van der Waals surface area contributed by atoms with Crippen LogP contribution in [0.25, 0.3) is 0 Å². The number of carbonyl (C=O) groups is 2. The number of carboxylic acids is 1. The van der Waals surface area contributed by atoms with Crippen molar-refractivity contribution < 1.29 is 18.9 Å². The molecule has 2 atom stereocenters. The molecule has 2 aliphatic heterocycles. The second-order valence-corrected chi connectivity index (χ2v) is 6.56. The number of rotatable bonds is 1. The molecule has 0 aromatic carbocycles. The zero-order valence-electron chi connectivity index (χ0n) is 10.4. The van der Waals surface area contributed by atoms with Crippen LogP contribution in [-0.4, -0.2) is 68.3 Å². The van der Waals surface area contributed by atoms with Gasteiger partial charge in [-0.2, -0.15) is 0 Å². The lowest BCUT2D eigenvalue weighted by molar-refractivity contribution is -0.142. The maximum absolute atomic E-state index is 12.3. The van der Waals surface area contributed by atoms with E-state index in [9.17, 15) is 18.9 Å². The second kappa shape index (κ2) is 5.26. The van der Waals surface area contributed by atoms with E-state index >= 15 is 0 Å². The van der Waals surface area contributed by atoms with Crippen LogP contribution in [0.4, 0.5) is 4.79 Å². The number of hydrogen-bond acceptors (Lipinski definition) is 3. The lowest BCUT2D eigenvalue weighted by Gasteiger charge is -2.33. The molecule has 0 saturated carbocycles. The van der Waals surface area contributed by atoms with Gasteiger partial charge in [-0.05, 0) is 12.3 Å². The summed E-state index contributed by atoms with van der Waals surface area (Å²) in [5.41, 5.74) is 0. The van der Waals surface area contributed by atoms with E-state index in [1.54, 1.807) is 4.90 Å². The molecule has 0 aliphatic carbocycles. The van der Waals surface area contributed by atoms with E-state index in [0.29, 0.717) is 31.1 Å². The molecule has 0 bridgehead atoms. The Labute approximate surface area is 108 Å². The highest BCUT2D eigenvalue weighted by atomic mass is 32.2. The third-order valence-corrected chi connectivity index (χ3v) is 4.92. The van der Waals surface area contributed by atoms with Crippen LogP contribution in [-0.2, 0) is 15.6 Å². The predicted octanol–water partition coefficient (Wildman–Crippen LogP) is -0.0343. The van der Waals surface area contributed by atoms with Crippen LogP contribution in [0.15, 0.2) is 0 Å². The fourth-order valence-corrected chi connectivity index (χ4v) is 3.60. The molecule has 0 radical (unpaired) electrons. The number of hydrogen-bond donors (Lipinski definition) is 1. The fourth-order valence-electron chi connectivity index (χ4n) is 2.55. The standard InChI is InChI=1S/C11H18N2O4S/c1-8-2-3-13(9(8)10(14)15)11(16)12-4-6-18(17)7-5-12/h8-9H,2-7H2,1H3,(H,14,15). The number of aliphatic carboxylic acids is 1. The van der Waals surface area contributed by atoms with Crippen molar-refractivity contribution in [2.24, 2.45) is 5.92 Å². The Balaban J connectivity index is 2.04. The average Bonchev–Trinajstić information content (AvgIpc) is 2.71. The van der Waals surface area contributed by atoms with Crippen LogP contribution in [0.1, 0.15) is 13.3 Å². The van der Waals surface area contributed by atoms with Crippen LogP contribution in [0.5, 0.6) is 0 Å². The molecule has 2 aliphatic rings. The zero-order valence-corrected chi connectivity index (χ0v) is 11.2. The van der Waals surface area contributed by atoms with Crippen molar-refractivity contribution in [3.05, 3.63) is 0 Å². The first-order valence-corrected chi connectivity index (χ1v) is 7.63. The van der Waals surface area contributed by atoms with Crippen LogP contribution in [0.2, 0.25) is 0 Å². The first kappa shape index (κ1) is 13.3. The maximum atomic E-state index is 12.3. The van der Waals surface area contributed by atoms with Crippen molar-refractivity contribution in [3.63, 3.8) is 0 Å². The third kappa shape index (κ3) is 2.50. The monoisotopic (exact) mass is 274 g/mol. The van der Waals surface area contributed by atoms with Crippen molar-refractivity contribution in [2.75, 3.05) is 31.1 Å². The summed E-state index contributed by atoms with van der Waals surface area (Å²) in [4.78, 5) is 26.5. The van der Waals surface area contributed by atoms with Gasteiger partial charge < -0.3 is 14.9 Å². The number of nitrogens with zero attached hydrogens (tertiary/aromatic N) is 2. The number of amides is 2. The smallest absolute Gasteiger partial charge is 0.326 e. The SMILES string of the molecule is CC1CCN(C(=O)N2CCS(=O)CC2)C1C(=O)O. The Morgan fingerprint density at radius 2 is 1.83 bits per heavy atom. The van der Waals surface area contributed by atoms with Crippen molar-refractivity contribution in [1.82, 2.24) is 9.80 Å². The first-order valence-electron chi connectivity index (χ1n) is 6.14. The molecular weight excluding hydrogens is 256 g/mol. The Kier molecular flexibility index (Phi) is 3.89. The van der Waals surface area contributed by atoms with E-state index in [4.69, 9.17) is 0 Å². The molecule has 2 rings (SSSR count). The molecule has 0 aromatic rings. The number of likely N-dealkylation sites (tertiary alicyclic amines) is 1. The van der Waals surface area contributed by atoms with E-state index in [1.165, 1.54) is 4.90 Å². The van der Waals surface area contributed by atoms with Crippen molar-refractivity contribution >= 4 is 22.8 Å². The molecule has 2 saturated heterocycles. The molecule has 0 aromatic heterocycles. The van der Waals surface area contributed by atoms with Gasteiger partial charge in [0, 0.05) is 41.9 Å². The second-order valence-electron chi connectivity index (χ2n) is 4.86. The molecule has 2 amide bonds. The summed E-state index contributed by atoms with van der Waals surface area (Å²) in [5, 5.41) is 9.18. The fraction of sp³-hybridized carbons (Fsp3) is 0.818. The molecular formula is C11H18N2O4S. The Bertz CT molecular complexity index is 377. The molecule has 0 spiro atoms. The highest BCUT2D eigenvalue weighted by Gasteiger charge is 2.41. The highest BCUT2D eigenvalue weighted by Crippen LogP contribution is 2.25. The van der Waals surface area contributed by atoms with Crippen LogP contribution < -0.4 is 0 Å². The Morgan fingerprint density at radius 3 is 2.39 bits per heavy atom. The van der Waals surface area contributed by atoms with E-state index in [-0.39, 0.29) is 11.9 Å². The minimum absolute atomic E-state index is 0.00891. The van der Waals surface area contributed by atoms with Crippen molar-refractivity contribution in [2.45, 2.75) is 19.4 Å². The van der Waals surface area contributed by atoms with E-state index in [0.717, 1.165) is 6.42 Å². The van der Waals surface area contributed by atoms with Crippen LogP contribution >= 0.6 is 0 Å². The van der Waals surface area contributed by atoms with Crippen molar-refractivity contribution in [3.8, 4) is 0 Å². The van der Waals surface area contributed by atoms with Crippen molar-refractivity contribution in [1.29, 1.82) is 0 Å². The summed E-state index contributed by atoms with van der Waals surface area (Å²) in [5.74, 6) is 0.0408. The van der Waals surface area contributed by atoms with Gasteiger partial charge in [-0.25, -0.2) is 9.59 Å². The summed E-state index contributed by atoms with van der Waals surface area (Å²) < 4.78 is 11.2. The Morgan fingerprint density at radius 1 is 1.22 bits per heavy atom. The van der Waals surface area contributed by atoms with Gasteiger partial charge in [0.1, 0.15) is 6.04 Å². The largest absolute Gasteiger partial charge is 0.480 e. The lowest BCUT2D eigenvalue weighted by atomic mass is 10.0. The normalized spacial score (nSPS) is 29.6. The van der Waals surface area contributed by atoms with Gasteiger partial charge in [0.25, 0.3) is 0 Å². The quantitative estimate of drug-likeness (QED) is 0.728. The average molecular weight is 274 g/mol. The van der Waals surface area contributed by atoms with Gasteiger partial charge in [0.05, 0.1) is 0 Å². The van der Waals surface area contributed by atoms with Gasteiger partial charge >= 0.3 is 12.0 Å². The molecule has 18 heavy (non-hydrogen) atoms. The molecule has 6 nitrogen and oxygen atoms in total. The molecule has 7 heteroatoms. The number of urea groups is 1.